The minimum atomic E-state index is -2.67. The van der Waals surface area contributed by atoms with Crippen LogP contribution in [0.3, 0.4) is 0 Å². The van der Waals surface area contributed by atoms with Crippen LogP contribution < -0.4 is 0 Å². The number of hydrogen-bond acceptors (Lipinski definition) is 5. The Morgan fingerprint density at radius 3 is 2.12 bits per heavy atom. The molecule has 5 nitrogen and oxygen atoms in total. The molecule has 0 fully saturated rings. The van der Waals surface area contributed by atoms with E-state index in [-0.39, 0.29) is 5.69 Å². The van der Waals surface area contributed by atoms with Gasteiger partial charge in [-0.1, -0.05) is 30.3 Å². The molecule has 0 unspecified atom stereocenters. The molecule has 0 atom stereocenters. The number of sulfone groups is 1. The van der Waals surface area contributed by atoms with Gasteiger partial charge < -0.3 is 4.52 Å². The Labute approximate surface area is 98.2 Å². The number of hydrogen-bond donors (Lipinski definition) is 0. The van der Waals surface area contributed by atoms with Gasteiger partial charge in [0.05, 0.1) is 0 Å². The molecule has 0 aliphatic rings. The number of benzene rings is 1. The van der Waals surface area contributed by atoms with E-state index in [4.69, 9.17) is 0 Å². The maximum absolute atomic E-state index is 12.7. The Hall–Kier alpha value is -1.76. The summed E-state index contributed by atoms with van der Waals surface area (Å²) in [5.41, 5.74) is 0.812. The Balaban J connectivity index is 0.000000249. The predicted octanol–water partition coefficient (Wildman–Crippen LogP) is 1.54. The SMILES string of the molecule is CS(C)(=O)=O.[18F]c1onnc1-c1ccccc1. The van der Waals surface area contributed by atoms with Crippen LogP contribution >= 0.6 is 0 Å². The van der Waals surface area contributed by atoms with Crippen molar-refractivity contribution in [1.29, 1.82) is 0 Å². The fourth-order valence-electron chi connectivity index (χ4n) is 0.947. The van der Waals surface area contributed by atoms with Crippen LogP contribution in [0.15, 0.2) is 34.9 Å². The molecule has 0 radical (unpaired) electrons. The summed E-state index contributed by atoms with van der Waals surface area (Å²) in [6.07, 6.45) is 2.32. The lowest BCUT2D eigenvalue weighted by atomic mass is 10.2. The van der Waals surface area contributed by atoms with Crippen molar-refractivity contribution < 1.29 is 17.3 Å². The van der Waals surface area contributed by atoms with Gasteiger partial charge in [-0.25, -0.2) is 8.42 Å². The Morgan fingerprint density at radius 1 is 1.18 bits per heavy atom. The summed E-state index contributed by atoms with van der Waals surface area (Å²) < 4.78 is 36.2. The van der Waals surface area contributed by atoms with E-state index in [0.29, 0.717) is 5.56 Å². The molecule has 0 spiro atoms. The molecule has 1 aromatic heterocycles. The minimum absolute atomic E-state index is 0.149. The summed E-state index contributed by atoms with van der Waals surface area (Å²) in [5.74, 6) is 0. The molecular formula is C10H11FN2O3S. The summed E-state index contributed by atoms with van der Waals surface area (Å²) in [5, 5.41) is 6.59. The third-order valence-corrected chi connectivity index (χ3v) is 1.50. The van der Waals surface area contributed by atoms with Gasteiger partial charge in [0.25, 0.3) is 0 Å². The first kappa shape index (κ1) is 13.3. The quantitative estimate of drug-likeness (QED) is 0.774. The second-order valence-electron chi connectivity index (χ2n) is 3.40. The maximum Gasteiger partial charge on any atom is 0.334 e. The fraction of sp³-hybridized carbons (Fsp3) is 0.200. The number of nitrogens with zero attached hydrogens (tertiary/aromatic N) is 2. The predicted molar refractivity (Wildman–Crippen MR) is 60.5 cm³/mol. The van der Waals surface area contributed by atoms with Crippen molar-refractivity contribution in [3.8, 4) is 11.3 Å². The monoisotopic (exact) mass is 257 g/mol. The van der Waals surface area contributed by atoms with Gasteiger partial charge in [-0.2, -0.15) is 4.39 Å². The lowest BCUT2D eigenvalue weighted by molar-refractivity contribution is 0.273. The van der Waals surface area contributed by atoms with Crippen molar-refractivity contribution in [2.45, 2.75) is 0 Å². The minimum Gasteiger partial charge on any atom is -0.305 e. The standard InChI is InChI=1S/C8H5FN2O.C2H6O2S/c9-8-7(10-11-12-8)6-4-2-1-3-5-6;1-5(2,3)4/h1-5H;1-2H3/i9-1;. The van der Waals surface area contributed by atoms with E-state index in [1.54, 1.807) is 24.3 Å². The van der Waals surface area contributed by atoms with Crippen LogP contribution in [-0.2, 0) is 9.84 Å². The molecule has 0 amide bonds. The summed E-state index contributed by atoms with van der Waals surface area (Å²) in [4.78, 5) is 0. The van der Waals surface area contributed by atoms with Crippen LogP contribution in [0.2, 0.25) is 0 Å². The van der Waals surface area contributed by atoms with Gasteiger partial charge in [-0.3, -0.25) is 0 Å². The van der Waals surface area contributed by atoms with Crippen LogP contribution in [0.1, 0.15) is 0 Å². The zero-order valence-electron chi connectivity index (χ0n) is 9.29. The third kappa shape index (κ3) is 5.21. The Morgan fingerprint density at radius 2 is 1.71 bits per heavy atom. The van der Waals surface area contributed by atoms with Crippen LogP contribution in [-0.4, -0.2) is 31.3 Å². The van der Waals surface area contributed by atoms with Crippen molar-refractivity contribution in [1.82, 2.24) is 10.4 Å². The number of aromatic nitrogens is 2. The van der Waals surface area contributed by atoms with Crippen molar-refractivity contribution in [3.05, 3.63) is 36.3 Å². The zero-order chi connectivity index (χ0) is 12.9. The molecule has 0 aliphatic carbocycles. The van der Waals surface area contributed by atoms with Crippen LogP contribution in [0.5, 0.6) is 0 Å². The molecule has 17 heavy (non-hydrogen) atoms. The fourth-order valence-corrected chi connectivity index (χ4v) is 0.947. The molecule has 0 saturated carbocycles. The van der Waals surface area contributed by atoms with Crippen molar-refractivity contribution >= 4 is 9.84 Å². The van der Waals surface area contributed by atoms with Crippen molar-refractivity contribution in [2.24, 2.45) is 0 Å². The van der Waals surface area contributed by atoms with E-state index < -0.39 is 15.9 Å². The molecule has 1 heterocycles. The summed E-state index contributed by atoms with van der Waals surface area (Å²) in [6, 6.07) is 8.16. The molecule has 2 rings (SSSR count). The molecule has 0 bridgehead atoms. The first-order chi connectivity index (χ1) is 7.88. The normalized spacial score (nSPS) is 10.5. The highest BCUT2D eigenvalue weighted by Crippen LogP contribution is 2.18. The van der Waals surface area contributed by atoms with Gasteiger partial charge >= 0.3 is 6.01 Å². The van der Waals surface area contributed by atoms with E-state index in [9.17, 15) is 12.8 Å². The molecule has 0 saturated heterocycles. The molecule has 2 aromatic rings. The van der Waals surface area contributed by atoms with E-state index >= 15 is 0 Å². The second kappa shape index (κ2) is 5.53. The molecule has 0 aliphatic heterocycles. The largest absolute Gasteiger partial charge is 0.334 e. The first-order valence-corrected chi connectivity index (χ1v) is 6.86. The van der Waals surface area contributed by atoms with Gasteiger partial charge in [0.2, 0.25) is 0 Å². The van der Waals surface area contributed by atoms with Crippen LogP contribution in [0, 0.1) is 6.01 Å². The maximum atomic E-state index is 12.7. The topological polar surface area (TPSA) is 73.1 Å². The average Bonchev–Trinajstić information content (AvgIpc) is 2.63. The van der Waals surface area contributed by atoms with Gasteiger partial charge in [-0.15, -0.1) is 5.10 Å². The first-order valence-electron chi connectivity index (χ1n) is 4.56. The number of rotatable bonds is 1. The molecule has 92 valence electrons. The lowest BCUT2D eigenvalue weighted by Gasteiger charge is -1.91. The molecular weight excluding hydrogens is 246 g/mol. The summed E-state index contributed by atoms with van der Waals surface area (Å²) in [6.45, 7) is 0. The van der Waals surface area contributed by atoms with Crippen molar-refractivity contribution in [3.63, 3.8) is 0 Å². The van der Waals surface area contributed by atoms with E-state index in [0.717, 1.165) is 12.5 Å². The Bertz CT molecular complexity index is 558. The van der Waals surface area contributed by atoms with Gasteiger partial charge in [0.15, 0.2) is 5.69 Å². The Kier molecular flexibility index (Phi) is 4.33. The average molecular weight is 257 g/mol. The van der Waals surface area contributed by atoms with Crippen LogP contribution in [0.4, 0.5) is 4.39 Å². The zero-order valence-corrected chi connectivity index (χ0v) is 10.1. The molecule has 1 aromatic carbocycles. The number of halogens is 1. The van der Waals surface area contributed by atoms with E-state index in [2.05, 4.69) is 14.9 Å². The van der Waals surface area contributed by atoms with E-state index in [1.165, 1.54) is 0 Å². The lowest BCUT2D eigenvalue weighted by Crippen LogP contribution is -1.86. The van der Waals surface area contributed by atoms with Gasteiger partial charge in [0, 0.05) is 23.3 Å². The highest BCUT2D eigenvalue weighted by Gasteiger charge is 2.09. The smallest absolute Gasteiger partial charge is 0.305 e. The second-order valence-corrected chi connectivity index (χ2v) is 5.69. The summed E-state index contributed by atoms with van der Waals surface area (Å²) in [7, 11) is -2.67. The molecule has 0 N–H and O–H groups in total. The third-order valence-electron chi connectivity index (χ3n) is 1.50. The van der Waals surface area contributed by atoms with Crippen molar-refractivity contribution in [2.75, 3.05) is 12.5 Å². The van der Waals surface area contributed by atoms with Gasteiger partial charge in [-0.05, 0) is 0 Å². The van der Waals surface area contributed by atoms with E-state index in [1.807, 2.05) is 6.07 Å². The molecule has 7 heteroatoms. The van der Waals surface area contributed by atoms with Crippen LogP contribution in [0.25, 0.3) is 11.3 Å². The summed E-state index contributed by atoms with van der Waals surface area (Å²) >= 11 is 0. The van der Waals surface area contributed by atoms with Gasteiger partial charge in [0.1, 0.15) is 9.84 Å². The highest BCUT2D eigenvalue weighted by molar-refractivity contribution is 7.89. The highest BCUT2D eigenvalue weighted by atomic mass is 32.2.